The van der Waals surface area contributed by atoms with E-state index >= 15 is 0 Å². The number of thioether (sulfide) groups is 1. The largest absolute Gasteiger partial charge is 0.480 e. The first-order valence-electron chi connectivity index (χ1n) is 5.99. The predicted molar refractivity (Wildman–Crippen MR) is 79.0 cm³/mol. The van der Waals surface area contributed by atoms with E-state index in [2.05, 4.69) is 15.5 Å². The maximum Gasteiger partial charge on any atom is 0.327 e. The van der Waals surface area contributed by atoms with Gasteiger partial charge in [0, 0.05) is 18.1 Å². The Bertz CT molecular complexity index is 612. The van der Waals surface area contributed by atoms with Gasteiger partial charge in [-0.1, -0.05) is 5.16 Å². The monoisotopic (exact) mass is 327 g/mol. The molecule has 9 heteroatoms. The van der Waals surface area contributed by atoms with Crippen LogP contribution in [0.2, 0.25) is 0 Å². The van der Waals surface area contributed by atoms with Crippen molar-refractivity contribution in [3.05, 3.63) is 22.7 Å². The number of hydrogen-bond donors (Lipinski definition) is 2. The van der Waals surface area contributed by atoms with Crippen LogP contribution in [0.15, 0.2) is 21.3 Å². The summed E-state index contributed by atoms with van der Waals surface area (Å²) in [6, 6.07) is 0.961. The van der Waals surface area contributed by atoms with Gasteiger partial charge in [0.25, 0.3) is 5.89 Å². The number of nitrogens with one attached hydrogen (secondary N) is 1. The van der Waals surface area contributed by atoms with Crippen molar-refractivity contribution in [1.82, 2.24) is 15.5 Å². The van der Waals surface area contributed by atoms with Gasteiger partial charge in [-0.25, -0.2) is 4.79 Å². The zero-order valence-electron chi connectivity index (χ0n) is 11.1. The van der Waals surface area contributed by atoms with Crippen molar-refractivity contribution in [3.8, 4) is 11.5 Å². The number of carbonyl (C=O) groups is 2. The summed E-state index contributed by atoms with van der Waals surface area (Å²) in [5.41, 5.74) is 0.866. The van der Waals surface area contributed by atoms with E-state index in [0.717, 1.165) is 5.56 Å². The fraction of sp³-hybridized carbons (Fsp3) is 0.333. The normalized spacial score (nSPS) is 12.0. The standard InChI is InChI=1S/C12H13N3O4S2/c1-7(16)13-9(12(17)18)5-21-6-10-14-11(19-15-10)8-2-3-20-4-8/h2-4,9H,5-6H2,1H3,(H,13,16)(H,17,18)/t9-/m0/s1. The second-order valence-corrected chi connectivity index (χ2v) is 5.94. The van der Waals surface area contributed by atoms with Gasteiger partial charge in [-0.15, -0.1) is 0 Å². The number of amides is 1. The van der Waals surface area contributed by atoms with E-state index in [1.165, 1.54) is 30.0 Å². The summed E-state index contributed by atoms with van der Waals surface area (Å²) in [4.78, 5) is 26.1. The molecule has 0 fully saturated rings. The second kappa shape index (κ2) is 7.23. The Kier molecular flexibility index (Phi) is 5.34. The summed E-state index contributed by atoms with van der Waals surface area (Å²) in [7, 11) is 0. The summed E-state index contributed by atoms with van der Waals surface area (Å²) < 4.78 is 5.12. The first-order valence-corrected chi connectivity index (χ1v) is 8.09. The molecule has 2 aromatic heterocycles. The highest BCUT2D eigenvalue weighted by molar-refractivity contribution is 7.98. The van der Waals surface area contributed by atoms with E-state index in [4.69, 9.17) is 9.63 Å². The fourth-order valence-corrected chi connectivity index (χ4v) is 3.01. The lowest BCUT2D eigenvalue weighted by Gasteiger charge is -2.11. The van der Waals surface area contributed by atoms with Gasteiger partial charge in [0.15, 0.2) is 5.82 Å². The van der Waals surface area contributed by atoms with E-state index in [1.54, 1.807) is 0 Å². The smallest absolute Gasteiger partial charge is 0.327 e. The maximum absolute atomic E-state index is 11.0. The topological polar surface area (TPSA) is 105 Å². The second-order valence-electron chi connectivity index (χ2n) is 4.13. The van der Waals surface area contributed by atoms with Gasteiger partial charge in [0.1, 0.15) is 6.04 Å². The first kappa shape index (κ1) is 15.5. The lowest BCUT2D eigenvalue weighted by atomic mass is 10.3. The summed E-state index contributed by atoms with van der Waals surface area (Å²) in [5, 5.41) is 19.0. The highest BCUT2D eigenvalue weighted by Crippen LogP contribution is 2.21. The third kappa shape index (κ3) is 4.57. The molecule has 0 saturated heterocycles. The van der Waals surface area contributed by atoms with Crippen molar-refractivity contribution in [1.29, 1.82) is 0 Å². The molecule has 0 saturated carbocycles. The van der Waals surface area contributed by atoms with Crippen LogP contribution >= 0.6 is 23.1 Å². The Morgan fingerprint density at radius 2 is 2.38 bits per heavy atom. The number of carbonyl (C=O) groups excluding carboxylic acids is 1. The molecule has 0 bridgehead atoms. The van der Waals surface area contributed by atoms with Crippen LogP contribution in [0.25, 0.3) is 11.5 Å². The summed E-state index contributed by atoms with van der Waals surface area (Å²) >= 11 is 2.85. The van der Waals surface area contributed by atoms with Crippen molar-refractivity contribution < 1.29 is 19.2 Å². The Labute approximate surface area is 128 Å². The van der Waals surface area contributed by atoms with Gasteiger partial charge < -0.3 is 14.9 Å². The van der Waals surface area contributed by atoms with Crippen molar-refractivity contribution in [2.24, 2.45) is 0 Å². The van der Waals surface area contributed by atoms with Crippen LogP contribution in [0.3, 0.4) is 0 Å². The summed E-state index contributed by atoms with van der Waals surface area (Å²) in [6.07, 6.45) is 0. The van der Waals surface area contributed by atoms with Crippen LogP contribution in [-0.2, 0) is 15.3 Å². The number of carboxylic acid groups (broad SMARTS) is 1. The third-order valence-corrected chi connectivity index (χ3v) is 4.14. The molecule has 0 radical (unpaired) electrons. The minimum absolute atomic E-state index is 0.233. The van der Waals surface area contributed by atoms with E-state index in [9.17, 15) is 9.59 Å². The SMILES string of the molecule is CC(=O)N[C@@H](CSCc1noc(-c2ccsc2)n1)C(=O)O. The van der Waals surface area contributed by atoms with Gasteiger partial charge in [-0.2, -0.15) is 28.1 Å². The van der Waals surface area contributed by atoms with Crippen molar-refractivity contribution in [2.75, 3.05) is 5.75 Å². The molecule has 2 rings (SSSR count). The molecule has 0 aliphatic carbocycles. The quantitative estimate of drug-likeness (QED) is 0.796. The molecule has 0 spiro atoms. The molecule has 1 amide bonds. The average Bonchev–Trinajstić information content (AvgIpc) is 3.07. The zero-order chi connectivity index (χ0) is 15.2. The molecule has 21 heavy (non-hydrogen) atoms. The molecule has 0 aliphatic heterocycles. The number of aliphatic carboxylic acids is 1. The zero-order valence-corrected chi connectivity index (χ0v) is 12.7. The Morgan fingerprint density at radius 1 is 1.57 bits per heavy atom. The van der Waals surface area contributed by atoms with Crippen LogP contribution in [-0.4, -0.2) is 38.9 Å². The number of nitrogens with zero attached hydrogens (tertiary/aromatic N) is 2. The molecular formula is C12H13N3O4S2. The van der Waals surface area contributed by atoms with Crippen LogP contribution < -0.4 is 5.32 Å². The van der Waals surface area contributed by atoms with Gasteiger partial charge in [0.05, 0.1) is 11.3 Å². The van der Waals surface area contributed by atoms with Gasteiger partial charge in [-0.3, -0.25) is 4.79 Å². The fourth-order valence-electron chi connectivity index (χ4n) is 1.50. The Hall–Kier alpha value is -1.87. The third-order valence-electron chi connectivity index (χ3n) is 2.43. The first-order chi connectivity index (χ1) is 10.1. The Balaban J connectivity index is 1.85. The van der Waals surface area contributed by atoms with Crippen LogP contribution in [0.1, 0.15) is 12.7 Å². The highest BCUT2D eigenvalue weighted by Gasteiger charge is 2.18. The maximum atomic E-state index is 11.0. The van der Waals surface area contributed by atoms with E-state index in [-0.39, 0.29) is 11.7 Å². The molecule has 112 valence electrons. The summed E-state index contributed by atoms with van der Waals surface area (Å²) in [6.45, 7) is 1.28. The van der Waals surface area contributed by atoms with Crippen LogP contribution in [0.5, 0.6) is 0 Å². The van der Waals surface area contributed by atoms with Crippen LogP contribution in [0.4, 0.5) is 0 Å². The van der Waals surface area contributed by atoms with Crippen molar-refractivity contribution >= 4 is 35.0 Å². The van der Waals surface area contributed by atoms with Crippen molar-refractivity contribution in [3.63, 3.8) is 0 Å². The van der Waals surface area contributed by atoms with Gasteiger partial charge in [0.2, 0.25) is 5.91 Å². The number of thiophene rings is 1. The molecule has 2 aromatic rings. The van der Waals surface area contributed by atoms with E-state index < -0.39 is 12.0 Å². The van der Waals surface area contributed by atoms with Crippen LogP contribution in [0, 0.1) is 0 Å². The van der Waals surface area contributed by atoms with Gasteiger partial charge >= 0.3 is 5.97 Å². The summed E-state index contributed by atoms with van der Waals surface area (Å²) in [5.74, 6) is 0.151. The molecule has 0 unspecified atom stereocenters. The molecule has 7 nitrogen and oxygen atoms in total. The Morgan fingerprint density at radius 3 is 3.00 bits per heavy atom. The minimum Gasteiger partial charge on any atom is -0.480 e. The number of hydrogen-bond acceptors (Lipinski definition) is 7. The molecule has 2 heterocycles. The number of rotatable bonds is 7. The number of carboxylic acids is 1. The molecule has 2 N–H and O–H groups in total. The lowest BCUT2D eigenvalue weighted by Crippen LogP contribution is -2.41. The van der Waals surface area contributed by atoms with E-state index in [1.807, 2.05) is 16.8 Å². The molecular weight excluding hydrogens is 314 g/mol. The van der Waals surface area contributed by atoms with Gasteiger partial charge in [-0.05, 0) is 11.4 Å². The predicted octanol–water partition coefficient (Wildman–Crippen LogP) is 1.62. The average molecular weight is 327 g/mol. The lowest BCUT2D eigenvalue weighted by molar-refractivity contribution is -0.140. The van der Waals surface area contributed by atoms with E-state index in [0.29, 0.717) is 17.5 Å². The molecule has 1 atom stereocenters. The molecule has 0 aromatic carbocycles. The number of aromatic nitrogens is 2. The highest BCUT2D eigenvalue weighted by atomic mass is 32.2. The molecule has 0 aliphatic rings. The minimum atomic E-state index is -1.07. The van der Waals surface area contributed by atoms with Crippen molar-refractivity contribution in [2.45, 2.75) is 18.7 Å².